The number of rotatable bonds is 3. The van der Waals surface area contributed by atoms with Crippen LogP contribution in [0.25, 0.3) is 0 Å². The molecule has 0 aliphatic carbocycles. The van der Waals surface area contributed by atoms with Gasteiger partial charge in [-0.25, -0.2) is 18.4 Å². The third-order valence-electron chi connectivity index (χ3n) is 2.80. The molecule has 0 spiro atoms. The lowest BCUT2D eigenvalue weighted by atomic mass is 10.4. The number of nitrogens with zero attached hydrogens (tertiary/aromatic N) is 3. The maximum Gasteiger partial charge on any atom is 0.199 e. The zero-order chi connectivity index (χ0) is 14.0. The fraction of sp³-hybridized carbons (Fsp3) is 0.600. The van der Waals surface area contributed by atoms with Crippen LogP contribution in [0.15, 0.2) is 6.33 Å². The van der Waals surface area contributed by atoms with Crippen molar-refractivity contribution in [1.82, 2.24) is 9.97 Å². The molecule has 1 aliphatic rings. The van der Waals surface area contributed by atoms with Gasteiger partial charge < -0.3 is 9.64 Å². The molecule has 9 heteroatoms. The minimum absolute atomic E-state index is 0.179. The summed E-state index contributed by atoms with van der Waals surface area (Å²) in [5.74, 6) is 2.07. The molecular weight excluding hydrogens is 310 g/mol. The van der Waals surface area contributed by atoms with E-state index >= 15 is 0 Å². The highest BCUT2D eigenvalue weighted by atomic mass is 35.5. The zero-order valence-electron chi connectivity index (χ0n) is 10.5. The summed E-state index contributed by atoms with van der Waals surface area (Å²) < 4.78 is 29.0. The number of methoxy groups -OCH3 is 1. The van der Waals surface area contributed by atoms with Crippen LogP contribution in [0.4, 0.5) is 5.82 Å². The lowest BCUT2D eigenvalue weighted by Gasteiger charge is -2.35. The predicted octanol–water partition coefficient (Wildman–Crippen LogP) is 1.06. The Morgan fingerprint density at radius 1 is 1.53 bits per heavy atom. The third kappa shape index (κ3) is 3.06. The fourth-order valence-electron chi connectivity index (χ4n) is 1.90. The van der Waals surface area contributed by atoms with Crippen molar-refractivity contribution in [3.8, 4) is 5.75 Å². The van der Waals surface area contributed by atoms with Gasteiger partial charge in [0.15, 0.2) is 26.6 Å². The lowest BCUT2D eigenvalue weighted by molar-refractivity contribution is 0.410. The first-order chi connectivity index (χ1) is 8.95. The average molecular weight is 324 g/mol. The van der Waals surface area contributed by atoms with Crippen LogP contribution in [0.3, 0.4) is 0 Å². The van der Waals surface area contributed by atoms with E-state index in [4.69, 9.17) is 16.3 Å². The maximum absolute atomic E-state index is 11.9. The van der Waals surface area contributed by atoms with Gasteiger partial charge in [-0.2, -0.15) is 11.8 Å². The molecule has 0 radical (unpaired) electrons. The molecule has 2 heterocycles. The largest absolute Gasteiger partial charge is 0.490 e. The topological polar surface area (TPSA) is 72.4 Å². The second-order valence-electron chi connectivity index (χ2n) is 4.07. The molecule has 1 unspecified atom stereocenters. The molecule has 2 rings (SSSR count). The quantitative estimate of drug-likeness (QED) is 0.770. The van der Waals surface area contributed by atoms with Crippen molar-refractivity contribution in [2.75, 3.05) is 36.3 Å². The van der Waals surface area contributed by atoms with Gasteiger partial charge in [-0.15, -0.1) is 0 Å². The Hall–Kier alpha value is -0.730. The van der Waals surface area contributed by atoms with Gasteiger partial charge in [-0.1, -0.05) is 11.6 Å². The van der Waals surface area contributed by atoms with Crippen LogP contribution < -0.4 is 9.64 Å². The summed E-state index contributed by atoms with van der Waals surface area (Å²) in [4.78, 5) is 9.69. The van der Waals surface area contributed by atoms with Crippen LogP contribution in [0.1, 0.15) is 0 Å². The summed E-state index contributed by atoms with van der Waals surface area (Å²) >= 11 is 7.56. The van der Waals surface area contributed by atoms with Gasteiger partial charge >= 0.3 is 0 Å². The lowest BCUT2D eigenvalue weighted by Crippen LogP contribution is -2.47. The number of sulfone groups is 1. The van der Waals surface area contributed by atoms with E-state index in [0.29, 0.717) is 23.9 Å². The first kappa shape index (κ1) is 14.7. The van der Waals surface area contributed by atoms with E-state index < -0.39 is 15.2 Å². The fourth-order valence-corrected chi connectivity index (χ4v) is 4.93. The molecule has 1 atom stereocenters. The molecule has 0 saturated carbocycles. The number of aromatic nitrogens is 2. The standard InChI is InChI=1S/C10H14ClN3O3S2/c1-17-8-9(11)12-6-13-10(8)14-3-4-18-5-7(14)19(2,15)16/h6-7H,3-5H2,1-2H3. The predicted molar refractivity (Wildman–Crippen MR) is 76.9 cm³/mol. The normalized spacial score (nSPS) is 20.4. The second-order valence-corrected chi connectivity index (χ2v) is 7.78. The number of ether oxygens (including phenoxy) is 1. The van der Waals surface area contributed by atoms with Crippen LogP contribution in [-0.4, -0.2) is 55.2 Å². The van der Waals surface area contributed by atoms with Gasteiger partial charge in [-0.05, 0) is 0 Å². The molecule has 106 valence electrons. The van der Waals surface area contributed by atoms with E-state index in [-0.39, 0.29) is 5.15 Å². The van der Waals surface area contributed by atoms with Crippen LogP contribution in [-0.2, 0) is 9.84 Å². The summed E-state index contributed by atoms with van der Waals surface area (Å²) in [5, 5.41) is -0.441. The van der Waals surface area contributed by atoms with Crippen molar-refractivity contribution < 1.29 is 13.2 Å². The van der Waals surface area contributed by atoms with E-state index in [1.54, 1.807) is 16.7 Å². The minimum atomic E-state index is -3.21. The summed E-state index contributed by atoms with van der Waals surface area (Å²) in [5.41, 5.74) is 0. The van der Waals surface area contributed by atoms with Crippen LogP contribution in [0, 0.1) is 0 Å². The van der Waals surface area contributed by atoms with Crippen molar-refractivity contribution in [1.29, 1.82) is 0 Å². The van der Waals surface area contributed by atoms with E-state index in [0.717, 1.165) is 5.75 Å². The van der Waals surface area contributed by atoms with Gasteiger partial charge in [0.1, 0.15) is 11.7 Å². The number of hydrogen-bond donors (Lipinski definition) is 0. The molecule has 1 aromatic rings. The molecule has 1 saturated heterocycles. The van der Waals surface area contributed by atoms with Gasteiger partial charge in [-0.3, -0.25) is 0 Å². The number of thioether (sulfide) groups is 1. The molecule has 0 N–H and O–H groups in total. The average Bonchev–Trinajstić information content (AvgIpc) is 2.37. The molecular formula is C10H14ClN3O3S2. The van der Waals surface area contributed by atoms with E-state index in [2.05, 4.69) is 9.97 Å². The van der Waals surface area contributed by atoms with Crippen molar-refractivity contribution in [2.24, 2.45) is 0 Å². The van der Waals surface area contributed by atoms with Gasteiger partial charge in [0.2, 0.25) is 0 Å². The highest BCUT2D eigenvalue weighted by molar-refractivity contribution is 8.01. The number of anilines is 1. The number of halogens is 1. The first-order valence-corrected chi connectivity index (χ1v) is 9.01. The molecule has 1 aliphatic heterocycles. The number of hydrogen-bond acceptors (Lipinski definition) is 7. The van der Waals surface area contributed by atoms with E-state index in [9.17, 15) is 8.42 Å². The molecule has 1 aromatic heterocycles. The Morgan fingerprint density at radius 3 is 2.89 bits per heavy atom. The molecule has 0 bridgehead atoms. The van der Waals surface area contributed by atoms with Gasteiger partial charge in [0.25, 0.3) is 0 Å². The van der Waals surface area contributed by atoms with Crippen molar-refractivity contribution in [2.45, 2.75) is 5.37 Å². The molecule has 1 fully saturated rings. The summed E-state index contributed by atoms with van der Waals surface area (Å²) in [6.07, 6.45) is 2.53. The van der Waals surface area contributed by atoms with Crippen LogP contribution in [0.5, 0.6) is 5.75 Å². The summed E-state index contributed by atoms with van der Waals surface area (Å²) in [6, 6.07) is 0. The Morgan fingerprint density at radius 2 is 2.26 bits per heavy atom. The zero-order valence-corrected chi connectivity index (χ0v) is 12.9. The maximum atomic E-state index is 11.9. The van der Waals surface area contributed by atoms with Crippen molar-refractivity contribution in [3.63, 3.8) is 0 Å². The van der Waals surface area contributed by atoms with Gasteiger partial charge in [0, 0.05) is 24.3 Å². The minimum Gasteiger partial charge on any atom is -0.490 e. The van der Waals surface area contributed by atoms with E-state index in [1.807, 2.05) is 0 Å². The van der Waals surface area contributed by atoms with Crippen molar-refractivity contribution in [3.05, 3.63) is 11.5 Å². The Kier molecular flexibility index (Phi) is 4.42. The summed E-state index contributed by atoms with van der Waals surface area (Å²) in [6.45, 7) is 0.576. The van der Waals surface area contributed by atoms with Crippen molar-refractivity contribution >= 4 is 39.0 Å². The third-order valence-corrected chi connectivity index (χ3v) is 5.71. The van der Waals surface area contributed by atoms with Crippen LogP contribution >= 0.6 is 23.4 Å². The Bertz CT molecular complexity index is 567. The van der Waals surface area contributed by atoms with Crippen LogP contribution in [0.2, 0.25) is 5.15 Å². The Balaban J connectivity index is 2.46. The Labute approximate surface area is 121 Å². The highest BCUT2D eigenvalue weighted by Crippen LogP contribution is 2.35. The highest BCUT2D eigenvalue weighted by Gasteiger charge is 2.34. The summed E-state index contributed by atoms with van der Waals surface area (Å²) in [7, 11) is -1.75. The van der Waals surface area contributed by atoms with E-state index in [1.165, 1.54) is 19.7 Å². The molecule has 19 heavy (non-hydrogen) atoms. The smallest absolute Gasteiger partial charge is 0.199 e. The molecule has 0 aromatic carbocycles. The first-order valence-electron chi connectivity index (χ1n) is 5.53. The molecule has 0 amide bonds. The second kappa shape index (κ2) is 5.72. The monoisotopic (exact) mass is 323 g/mol. The SMILES string of the molecule is COc1c(Cl)ncnc1N1CCSCC1S(C)(=O)=O. The molecule has 6 nitrogen and oxygen atoms in total. The van der Waals surface area contributed by atoms with Gasteiger partial charge in [0.05, 0.1) is 7.11 Å².